The van der Waals surface area contributed by atoms with Crippen LogP contribution in [-0.2, 0) is 0 Å². The first kappa shape index (κ1) is 8.76. The molecule has 0 aliphatic heterocycles. The summed E-state index contributed by atoms with van der Waals surface area (Å²) in [6.45, 7) is 0. The van der Waals surface area contributed by atoms with Crippen LogP contribution in [0.5, 0.6) is 0 Å². The van der Waals surface area contributed by atoms with E-state index in [0.29, 0.717) is 5.54 Å². The van der Waals surface area contributed by atoms with Gasteiger partial charge in [0.2, 0.25) is 0 Å². The second kappa shape index (κ2) is 2.96. The molecule has 0 saturated carbocycles. The van der Waals surface area contributed by atoms with Gasteiger partial charge in [0.1, 0.15) is 5.69 Å². The Morgan fingerprint density at radius 1 is 0.917 bits per heavy atom. The van der Waals surface area contributed by atoms with Gasteiger partial charge >= 0.3 is 0 Å². The first-order valence-electron chi connectivity index (χ1n) is 2.77. The Balaban J connectivity index is 3.40. The predicted molar refractivity (Wildman–Crippen MR) is 31.0 cm³/mol. The molecule has 1 aromatic carbocycles. The quantitative estimate of drug-likeness (QED) is 0.305. The maximum absolute atomic E-state index is 12.4. The summed E-state index contributed by atoms with van der Waals surface area (Å²) in [5.74, 6) is -7.08. The van der Waals surface area contributed by atoms with E-state index in [1.807, 2.05) is 0 Å². The zero-order chi connectivity index (χ0) is 9.30. The molecule has 1 N–H and O–H groups in total. The van der Waals surface area contributed by atoms with Crippen LogP contribution in [0, 0.1) is 23.3 Å². The van der Waals surface area contributed by atoms with E-state index in [1.54, 1.807) is 0 Å². The highest BCUT2D eigenvalue weighted by atomic mass is 19.2. The van der Waals surface area contributed by atoms with Crippen molar-refractivity contribution in [1.82, 2.24) is 0 Å². The summed E-state index contributed by atoms with van der Waals surface area (Å²) < 4.78 is 60.6. The number of halogens is 5. The van der Waals surface area contributed by atoms with Gasteiger partial charge in [0, 0.05) is 6.07 Å². The Kier molecular flexibility index (Phi) is 2.16. The molecule has 6 heteroatoms. The highest BCUT2D eigenvalue weighted by Gasteiger charge is 2.18. The normalized spacial score (nSPS) is 10.1. The minimum Gasteiger partial charge on any atom is -0.218 e. The van der Waals surface area contributed by atoms with Gasteiger partial charge in [-0.1, -0.05) is 0 Å². The highest BCUT2D eigenvalue weighted by molar-refractivity contribution is 5.44. The SMILES string of the molecule is FNc1c(F)cc(F)c(F)c1F. The van der Waals surface area contributed by atoms with Gasteiger partial charge in [-0.2, -0.15) is 0 Å². The lowest BCUT2D eigenvalue weighted by molar-refractivity contribution is 0.431. The first-order valence-corrected chi connectivity index (χ1v) is 2.77. The molecule has 0 bridgehead atoms. The van der Waals surface area contributed by atoms with Gasteiger partial charge in [-0.05, 0) is 0 Å². The predicted octanol–water partition coefficient (Wildman–Crippen LogP) is 2.54. The maximum atomic E-state index is 12.4. The number of nitrogens with one attached hydrogen (secondary N) is 1. The Bertz CT molecular complexity index is 311. The smallest absolute Gasteiger partial charge is 0.196 e. The van der Waals surface area contributed by atoms with E-state index in [-0.39, 0.29) is 6.07 Å². The van der Waals surface area contributed by atoms with E-state index in [1.165, 1.54) is 0 Å². The Morgan fingerprint density at radius 2 is 1.50 bits per heavy atom. The third-order valence-corrected chi connectivity index (χ3v) is 1.21. The molecule has 0 saturated heterocycles. The van der Waals surface area contributed by atoms with Crippen molar-refractivity contribution in [2.45, 2.75) is 0 Å². The molecular weight excluding hydrogens is 181 g/mol. The summed E-state index contributed by atoms with van der Waals surface area (Å²) in [5, 5.41) is 0. The molecule has 0 atom stereocenters. The van der Waals surface area contributed by atoms with Gasteiger partial charge in [-0.3, -0.25) is 0 Å². The van der Waals surface area contributed by atoms with Crippen LogP contribution in [0.15, 0.2) is 6.07 Å². The molecule has 0 aliphatic rings. The summed E-state index contributed by atoms with van der Waals surface area (Å²) in [5.41, 5.74) is -0.764. The number of rotatable bonds is 1. The van der Waals surface area contributed by atoms with Crippen molar-refractivity contribution < 1.29 is 22.0 Å². The van der Waals surface area contributed by atoms with Crippen LogP contribution in [0.2, 0.25) is 0 Å². The van der Waals surface area contributed by atoms with Gasteiger partial charge in [-0.15, -0.1) is 4.48 Å². The van der Waals surface area contributed by atoms with Crippen LogP contribution >= 0.6 is 0 Å². The van der Waals surface area contributed by atoms with Crippen molar-refractivity contribution in [1.29, 1.82) is 0 Å². The van der Waals surface area contributed by atoms with E-state index >= 15 is 0 Å². The standard InChI is InChI=1S/C6H2F5N/c7-2-1-3(8)6(12-11)5(10)4(2)9/h1,12H. The van der Waals surface area contributed by atoms with E-state index in [4.69, 9.17) is 0 Å². The van der Waals surface area contributed by atoms with Crippen LogP contribution in [0.3, 0.4) is 0 Å². The van der Waals surface area contributed by atoms with Gasteiger partial charge in [0.05, 0.1) is 0 Å². The summed E-state index contributed by atoms with van der Waals surface area (Å²) in [6, 6.07) is 0.0420. The number of hydrogen-bond donors (Lipinski definition) is 1. The molecule has 0 radical (unpaired) electrons. The second-order valence-corrected chi connectivity index (χ2v) is 1.94. The van der Waals surface area contributed by atoms with Crippen molar-refractivity contribution in [2.24, 2.45) is 0 Å². The molecule has 1 aromatic rings. The minimum absolute atomic E-state index is 0.0420. The fraction of sp³-hybridized carbons (Fsp3) is 0. The molecule has 0 amide bonds. The average molecular weight is 183 g/mol. The number of benzene rings is 1. The van der Waals surface area contributed by atoms with Crippen molar-refractivity contribution >= 4 is 5.69 Å². The third kappa shape index (κ3) is 1.19. The van der Waals surface area contributed by atoms with Crippen LogP contribution < -0.4 is 5.54 Å². The van der Waals surface area contributed by atoms with Crippen molar-refractivity contribution in [2.75, 3.05) is 5.54 Å². The van der Waals surface area contributed by atoms with E-state index in [9.17, 15) is 22.0 Å². The molecule has 0 aliphatic carbocycles. The van der Waals surface area contributed by atoms with Gasteiger partial charge in [0.15, 0.2) is 23.3 Å². The van der Waals surface area contributed by atoms with E-state index in [2.05, 4.69) is 0 Å². The Morgan fingerprint density at radius 3 is 2.00 bits per heavy atom. The molecule has 66 valence electrons. The fourth-order valence-electron chi connectivity index (χ4n) is 0.653. The molecule has 1 rings (SSSR count). The fourth-order valence-corrected chi connectivity index (χ4v) is 0.653. The molecular formula is C6H2F5N. The Labute approximate surface area is 63.7 Å². The summed E-state index contributed by atoms with van der Waals surface area (Å²) >= 11 is 0. The molecule has 12 heavy (non-hydrogen) atoms. The van der Waals surface area contributed by atoms with Crippen LogP contribution in [0.1, 0.15) is 0 Å². The maximum Gasteiger partial charge on any atom is 0.196 e. The lowest BCUT2D eigenvalue weighted by Gasteiger charge is -2.01. The van der Waals surface area contributed by atoms with Crippen LogP contribution in [0.4, 0.5) is 27.7 Å². The third-order valence-electron chi connectivity index (χ3n) is 1.21. The lowest BCUT2D eigenvalue weighted by Crippen LogP contribution is -1.99. The summed E-state index contributed by atoms with van der Waals surface area (Å²) in [6.07, 6.45) is 0. The lowest BCUT2D eigenvalue weighted by atomic mass is 10.3. The van der Waals surface area contributed by atoms with E-state index < -0.39 is 29.0 Å². The molecule has 0 unspecified atom stereocenters. The minimum atomic E-state index is -1.92. The number of anilines is 1. The molecule has 0 spiro atoms. The zero-order valence-electron chi connectivity index (χ0n) is 5.47. The van der Waals surface area contributed by atoms with Gasteiger partial charge in [0.25, 0.3) is 0 Å². The van der Waals surface area contributed by atoms with Crippen LogP contribution in [-0.4, -0.2) is 0 Å². The largest absolute Gasteiger partial charge is 0.218 e. The average Bonchev–Trinajstić information content (AvgIpc) is 2.01. The second-order valence-electron chi connectivity index (χ2n) is 1.94. The van der Waals surface area contributed by atoms with Crippen LogP contribution in [0.25, 0.3) is 0 Å². The molecule has 0 fully saturated rings. The number of hydrogen-bond acceptors (Lipinski definition) is 1. The first-order chi connectivity index (χ1) is 5.57. The van der Waals surface area contributed by atoms with Gasteiger partial charge in [-0.25, -0.2) is 23.1 Å². The summed E-state index contributed by atoms with van der Waals surface area (Å²) in [4.78, 5) is 0. The van der Waals surface area contributed by atoms with Crippen molar-refractivity contribution in [3.05, 3.63) is 29.3 Å². The zero-order valence-corrected chi connectivity index (χ0v) is 5.47. The topological polar surface area (TPSA) is 12.0 Å². The molecule has 0 aromatic heterocycles. The van der Waals surface area contributed by atoms with Gasteiger partial charge < -0.3 is 0 Å². The van der Waals surface area contributed by atoms with E-state index in [0.717, 1.165) is 0 Å². The molecule has 0 heterocycles. The Hall–Kier alpha value is -1.33. The monoisotopic (exact) mass is 183 g/mol. The summed E-state index contributed by atoms with van der Waals surface area (Å²) in [7, 11) is 0. The van der Waals surface area contributed by atoms with Crippen molar-refractivity contribution in [3.8, 4) is 0 Å². The molecule has 1 nitrogen and oxygen atoms in total. The van der Waals surface area contributed by atoms with Crippen molar-refractivity contribution in [3.63, 3.8) is 0 Å². The highest BCUT2D eigenvalue weighted by Crippen LogP contribution is 2.23.